The van der Waals surface area contributed by atoms with Crippen LogP contribution in [0.4, 0.5) is 5.82 Å². The number of rotatable bonds is 6. The lowest BCUT2D eigenvalue weighted by Gasteiger charge is -2.32. The monoisotopic (exact) mass is 446 g/mol. The first-order valence-corrected chi connectivity index (χ1v) is 10.8. The van der Waals surface area contributed by atoms with E-state index >= 15 is 0 Å². The summed E-state index contributed by atoms with van der Waals surface area (Å²) >= 11 is 0. The predicted octanol–water partition coefficient (Wildman–Crippen LogP) is 2.73. The number of aromatic nitrogens is 3. The smallest absolute Gasteiger partial charge is 0.224 e. The number of pyridine rings is 1. The summed E-state index contributed by atoms with van der Waals surface area (Å²) in [7, 11) is 0. The fourth-order valence-corrected chi connectivity index (χ4v) is 3.66. The van der Waals surface area contributed by atoms with Crippen molar-refractivity contribution in [3.63, 3.8) is 0 Å². The molecule has 3 heterocycles. The summed E-state index contributed by atoms with van der Waals surface area (Å²) in [5, 5.41) is 19.3. The van der Waals surface area contributed by atoms with E-state index in [1.807, 2.05) is 13.8 Å². The molecule has 2 atom stereocenters. The number of aryl methyl sites for hydroxylation is 1. The number of morpholine rings is 1. The molecule has 0 aliphatic carbocycles. The molecule has 0 bridgehead atoms. The third-order valence-electron chi connectivity index (χ3n) is 5.36. The van der Waals surface area contributed by atoms with Crippen LogP contribution in [0.1, 0.15) is 30.0 Å². The van der Waals surface area contributed by atoms with Gasteiger partial charge in [-0.2, -0.15) is 10.2 Å². The molecule has 170 valence electrons. The van der Waals surface area contributed by atoms with Crippen molar-refractivity contribution in [1.82, 2.24) is 15.0 Å². The van der Waals surface area contributed by atoms with Gasteiger partial charge in [-0.25, -0.2) is 4.98 Å². The van der Waals surface area contributed by atoms with Crippen LogP contribution in [0.2, 0.25) is 0 Å². The van der Waals surface area contributed by atoms with E-state index in [4.69, 9.17) is 15.2 Å². The molecule has 0 radical (unpaired) electrons. The summed E-state index contributed by atoms with van der Waals surface area (Å²) in [6.07, 6.45) is 0.930. The number of aliphatic hydroxyl groups excluding tert-OH is 1. The molecule has 1 aliphatic rings. The van der Waals surface area contributed by atoms with E-state index in [0.29, 0.717) is 46.4 Å². The van der Waals surface area contributed by atoms with Crippen LogP contribution < -0.4 is 15.4 Å². The van der Waals surface area contributed by atoms with Crippen LogP contribution in [0.5, 0.6) is 11.6 Å². The molecule has 0 amide bonds. The molecule has 0 spiro atoms. The number of ether oxygens (including phenoxy) is 2. The SMILES string of the molecule is Cc1nc(Oc2cc(C#N)ccc2-c2ccc([C@H](O)CN)cn2)cc(N2CCO[C@@H](C)C2)n1. The molecule has 1 saturated heterocycles. The highest BCUT2D eigenvalue weighted by Crippen LogP contribution is 2.34. The number of aliphatic hydroxyl groups is 1. The van der Waals surface area contributed by atoms with Crippen LogP contribution in [0.25, 0.3) is 11.3 Å². The van der Waals surface area contributed by atoms with Crippen molar-refractivity contribution >= 4 is 5.82 Å². The van der Waals surface area contributed by atoms with E-state index in [0.717, 1.165) is 18.9 Å². The molecule has 9 heteroatoms. The van der Waals surface area contributed by atoms with Crippen LogP contribution >= 0.6 is 0 Å². The van der Waals surface area contributed by atoms with Crippen molar-refractivity contribution < 1.29 is 14.6 Å². The van der Waals surface area contributed by atoms with Crippen molar-refractivity contribution in [1.29, 1.82) is 5.26 Å². The average molecular weight is 447 g/mol. The van der Waals surface area contributed by atoms with Crippen molar-refractivity contribution in [2.24, 2.45) is 5.73 Å². The molecule has 9 nitrogen and oxygen atoms in total. The van der Waals surface area contributed by atoms with E-state index in [9.17, 15) is 10.4 Å². The molecule has 1 aliphatic heterocycles. The molecule has 1 aromatic carbocycles. The van der Waals surface area contributed by atoms with Gasteiger partial charge in [-0.1, -0.05) is 6.07 Å². The minimum absolute atomic E-state index is 0.115. The lowest BCUT2D eigenvalue weighted by molar-refractivity contribution is 0.0529. The molecular weight excluding hydrogens is 420 g/mol. The molecule has 4 rings (SSSR count). The Labute approximate surface area is 192 Å². The van der Waals surface area contributed by atoms with Gasteiger partial charge in [-0.3, -0.25) is 4.98 Å². The van der Waals surface area contributed by atoms with Crippen LogP contribution in [-0.4, -0.2) is 52.4 Å². The van der Waals surface area contributed by atoms with Gasteiger partial charge in [0.2, 0.25) is 5.88 Å². The standard InChI is InChI=1S/C24H26N6O3/c1-15-14-30(7-8-32-15)23-10-24(29-16(2)28-23)33-22-9-17(11-25)3-5-19(22)20-6-4-18(13-27-20)21(31)12-26/h3-6,9-10,13,15,21,31H,7-8,12,14,26H2,1-2H3/t15-,21+/m0/s1. The molecule has 3 N–H and O–H groups in total. The lowest BCUT2D eigenvalue weighted by Crippen LogP contribution is -2.41. The van der Waals surface area contributed by atoms with E-state index in [1.165, 1.54) is 0 Å². The van der Waals surface area contributed by atoms with Crippen LogP contribution in [0, 0.1) is 18.3 Å². The fourth-order valence-electron chi connectivity index (χ4n) is 3.66. The van der Waals surface area contributed by atoms with Gasteiger partial charge in [-0.15, -0.1) is 0 Å². The van der Waals surface area contributed by atoms with E-state index in [-0.39, 0.29) is 12.6 Å². The van der Waals surface area contributed by atoms with Gasteiger partial charge >= 0.3 is 0 Å². The zero-order chi connectivity index (χ0) is 23.4. The maximum atomic E-state index is 9.93. The normalized spacial score (nSPS) is 16.8. The Kier molecular flexibility index (Phi) is 6.79. The number of nitrogens with zero attached hydrogens (tertiary/aromatic N) is 5. The van der Waals surface area contributed by atoms with Gasteiger partial charge in [0, 0.05) is 43.0 Å². The quantitative estimate of drug-likeness (QED) is 0.587. The number of anilines is 1. The van der Waals surface area contributed by atoms with Gasteiger partial charge in [-0.05, 0) is 38.1 Å². The number of nitriles is 1. The third kappa shape index (κ3) is 5.26. The van der Waals surface area contributed by atoms with Crippen LogP contribution in [0.3, 0.4) is 0 Å². The molecule has 0 saturated carbocycles. The summed E-state index contributed by atoms with van der Waals surface area (Å²) in [6, 6.07) is 12.6. The Balaban J connectivity index is 1.67. The van der Waals surface area contributed by atoms with Gasteiger partial charge in [0.1, 0.15) is 17.4 Å². The Bertz CT molecular complexity index is 1160. The molecule has 3 aromatic rings. The van der Waals surface area contributed by atoms with Gasteiger partial charge < -0.3 is 25.2 Å². The Morgan fingerprint density at radius 2 is 2.15 bits per heavy atom. The second-order valence-corrected chi connectivity index (χ2v) is 7.89. The lowest BCUT2D eigenvalue weighted by atomic mass is 10.1. The topological polar surface area (TPSA) is 130 Å². The molecule has 0 unspecified atom stereocenters. The zero-order valence-electron chi connectivity index (χ0n) is 18.6. The van der Waals surface area contributed by atoms with Crippen molar-refractivity contribution in [3.8, 4) is 29.0 Å². The maximum Gasteiger partial charge on any atom is 0.224 e. The largest absolute Gasteiger partial charge is 0.438 e. The summed E-state index contributed by atoms with van der Waals surface area (Å²) in [6.45, 7) is 6.06. The highest BCUT2D eigenvalue weighted by molar-refractivity contribution is 5.69. The Morgan fingerprint density at radius 3 is 2.85 bits per heavy atom. The average Bonchev–Trinajstić information content (AvgIpc) is 2.83. The van der Waals surface area contributed by atoms with E-state index < -0.39 is 6.10 Å². The maximum absolute atomic E-state index is 9.93. The van der Waals surface area contributed by atoms with Crippen molar-refractivity contribution in [2.75, 3.05) is 31.1 Å². The first-order chi connectivity index (χ1) is 16.0. The van der Waals surface area contributed by atoms with Crippen LogP contribution in [-0.2, 0) is 4.74 Å². The number of hydrogen-bond acceptors (Lipinski definition) is 9. The minimum atomic E-state index is -0.770. The highest BCUT2D eigenvalue weighted by Gasteiger charge is 2.20. The fraction of sp³-hybridized carbons (Fsp3) is 0.333. The Hall–Kier alpha value is -3.58. The summed E-state index contributed by atoms with van der Waals surface area (Å²) in [4.78, 5) is 15.6. The van der Waals surface area contributed by atoms with Gasteiger partial charge in [0.15, 0.2) is 0 Å². The van der Waals surface area contributed by atoms with Gasteiger partial charge in [0.05, 0.1) is 36.1 Å². The highest BCUT2D eigenvalue weighted by atomic mass is 16.5. The summed E-state index contributed by atoms with van der Waals surface area (Å²) < 4.78 is 11.8. The second kappa shape index (κ2) is 9.92. The zero-order valence-corrected chi connectivity index (χ0v) is 18.6. The molecule has 1 fully saturated rings. The number of nitrogens with two attached hydrogens (primary N) is 1. The molecule has 33 heavy (non-hydrogen) atoms. The molecular formula is C24H26N6O3. The second-order valence-electron chi connectivity index (χ2n) is 7.89. The first kappa shape index (κ1) is 22.6. The summed E-state index contributed by atoms with van der Waals surface area (Å²) in [5.74, 6) is 2.18. The first-order valence-electron chi connectivity index (χ1n) is 10.8. The van der Waals surface area contributed by atoms with Crippen LogP contribution in [0.15, 0.2) is 42.6 Å². The van der Waals surface area contributed by atoms with E-state index in [1.54, 1.807) is 42.6 Å². The predicted molar refractivity (Wildman–Crippen MR) is 123 cm³/mol. The number of benzene rings is 1. The number of hydrogen-bond donors (Lipinski definition) is 2. The minimum Gasteiger partial charge on any atom is -0.438 e. The summed E-state index contributed by atoms with van der Waals surface area (Å²) in [5.41, 5.74) is 7.95. The van der Waals surface area contributed by atoms with Crippen molar-refractivity contribution in [3.05, 3.63) is 59.5 Å². The molecule has 2 aromatic heterocycles. The van der Waals surface area contributed by atoms with E-state index in [2.05, 4.69) is 25.9 Å². The third-order valence-corrected chi connectivity index (χ3v) is 5.36. The van der Waals surface area contributed by atoms with Crippen molar-refractivity contribution in [2.45, 2.75) is 26.1 Å². The Morgan fingerprint density at radius 1 is 1.30 bits per heavy atom. The van der Waals surface area contributed by atoms with Gasteiger partial charge in [0.25, 0.3) is 0 Å².